The lowest BCUT2D eigenvalue weighted by molar-refractivity contribution is 0.00550. The van der Waals surface area contributed by atoms with E-state index < -0.39 is 10.5 Å². The summed E-state index contributed by atoms with van der Waals surface area (Å²) in [5.41, 5.74) is 7.98. The second kappa shape index (κ2) is 4.64. The third-order valence-electron chi connectivity index (χ3n) is 4.67. The molecule has 1 saturated carbocycles. The van der Waals surface area contributed by atoms with Crippen molar-refractivity contribution in [3.8, 4) is 0 Å². The lowest BCUT2D eigenvalue weighted by atomic mass is 9.74. The van der Waals surface area contributed by atoms with Crippen LogP contribution in [0.4, 0.5) is 0 Å². The Bertz CT molecular complexity index is 572. The molecule has 0 saturated heterocycles. The maximum atomic E-state index is 10.9. The van der Waals surface area contributed by atoms with E-state index >= 15 is 0 Å². The topological polar surface area (TPSA) is 46.2 Å². The van der Waals surface area contributed by atoms with Gasteiger partial charge in [0.25, 0.3) is 0 Å². The van der Waals surface area contributed by atoms with Crippen molar-refractivity contribution in [2.75, 3.05) is 0 Å². The summed E-state index contributed by atoms with van der Waals surface area (Å²) in [6.45, 7) is 1.83. The second-order valence-corrected chi connectivity index (χ2v) is 6.72. The van der Waals surface area contributed by atoms with Crippen LogP contribution in [0.15, 0.2) is 48.2 Å². The van der Waals surface area contributed by atoms with Gasteiger partial charge in [-0.3, -0.25) is 0 Å². The van der Waals surface area contributed by atoms with Crippen LogP contribution in [0.1, 0.15) is 31.7 Å². The number of rotatable bonds is 3. The molecular weight excluding hydrogens is 270 g/mol. The molecule has 2 aliphatic rings. The van der Waals surface area contributed by atoms with E-state index in [-0.39, 0.29) is 5.92 Å². The fourth-order valence-corrected chi connectivity index (χ4v) is 3.40. The zero-order chi connectivity index (χ0) is 14.4. The maximum Gasteiger partial charge on any atom is 0.116 e. The number of nitrogens with two attached hydrogens (primary N) is 1. The highest BCUT2D eigenvalue weighted by Crippen LogP contribution is 2.53. The van der Waals surface area contributed by atoms with Crippen molar-refractivity contribution < 1.29 is 5.11 Å². The highest BCUT2D eigenvalue weighted by atomic mass is 35.5. The fraction of sp³-hybridized carbons (Fsp3) is 0.412. The predicted octanol–water partition coefficient (Wildman–Crippen LogP) is 3.45. The number of hydrogen-bond donors (Lipinski definition) is 2. The minimum atomic E-state index is -0.969. The number of alkyl halides is 1. The van der Waals surface area contributed by atoms with Crippen LogP contribution in [0.3, 0.4) is 0 Å². The molecule has 0 radical (unpaired) electrons. The molecule has 0 spiro atoms. The van der Waals surface area contributed by atoms with Crippen LogP contribution in [0.5, 0.6) is 0 Å². The summed E-state index contributed by atoms with van der Waals surface area (Å²) in [6.07, 6.45) is 6.46. The average Bonchev–Trinajstić information content (AvgIpc) is 3.27. The van der Waals surface area contributed by atoms with Crippen molar-refractivity contribution in [1.29, 1.82) is 0 Å². The molecule has 3 rings (SSSR count). The molecule has 1 aromatic carbocycles. The number of halogens is 1. The molecule has 3 heteroatoms. The molecule has 2 aliphatic carbocycles. The molecule has 0 bridgehead atoms. The standard InChI is InChI=1S/C17H20ClNO/c1-16(20,14-8-9-14)17(18)11-13(7-10-15(17)19)12-5-3-2-4-6-12/h2-7,10,14,20H,8-9,11,19H2,1H3. The SMILES string of the molecule is CC(O)(C1CC1)C1(Cl)CC(c2ccccc2)=CC=C1N. The summed E-state index contributed by atoms with van der Waals surface area (Å²) in [6, 6.07) is 10.1. The number of aliphatic hydroxyl groups is 1. The molecule has 0 aliphatic heterocycles. The minimum Gasteiger partial charge on any atom is -0.400 e. The van der Waals surface area contributed by atoms with Crippen LogP contribution < -0.4 is 5.73 Å². The molecule has 2 unspecified atom stereocenters. The second-order valence-electron chi connectivity index (χ2n) is 6.08. The molecule has 2 atom stereocenters. The van der Waals surface area contributed by atoms with Gasteiger partial charge >= 0.3 is 0 Å². The monoisotopic (exact) mass is 289 g/mol. The Kier molecular flexibility index (Phi) is 3.19. The van der Waals surface area contributed by atoms with Gasteiger partial charge in [0.1, 0.15) is 4.87 Å². The summed E-state index contributed by atoms with van der Waals surface area (Å²) in [5.74, 6) is 0.252. The first-order chi connectivity index (χ1) is 9.45. The third kappa shape index (κ3) is 2.07. The molecule has 0 heterocycles. The van der Waals surface area contributed by atoms with Gasteiger partial charge in [-0.1, -0.05) is 36.4 Å². The van der Waals surface area contributed by atoms with Crippen molar-refractivity contribution in [2.45, 2.75) is 36.7 Å². The van der Waals surface area contributed by atoms with Crippen LogP contribution >= 0.6 is 11.6 Å². The smallest absolute Gasteiger partial charge is 0.116 e. The van der Waals surface area contributed by atoms with Crippen molar-refractivity contribution >= 4 is 17.2 Å². The van der Waals surface area contributed by atoms with Gasteiger partial charge in [-0.25, -0.2) is 0 Å². The van der Waals surface area contributed by atoms with Gasteiger partial charge in [0, 0.05) is 12.1 Å². The highest BCUT2D eigenvalue weighted by molar-refractivity contribution is 6.27. The summed E-state index contributed by atoms with van der Waals surface area (Å²) in [7, 11) is 0. The molecule has 0 aromatic heterocycles. The van der Waals surface area contributed by atoms with E-state index in [2.05, 4.69) is 12.1 Å². The van der Waals surface area contributed by atoms with Crippen molar-refractivity contribution in [2.24, 2.45) is 11.7 Å². The quantitative estimate of drug-likeness (QED) is 0.837. The van der Waals surface area contributed by atoms with E-state index in [1.54, 1.807) is 0 Å². The van der Waals surface area contributed by atoms with Crippen LogP contribution in [0.25, 0.3) is 5.57 Å². The lowest BCUT2D eigenvalue weighted by Crippen LogP contribution is -2.53. The van der Waals surface area contributed by atoms with E-state index in [1.165, 1.54) is 0 Å². The van der Waals surface area contributed by atoms with E-state index in [9.17, 15) is 5.11 Å². The van der Waals surface area contributed by atoms with Crippen LogP contribution in [-0.2, 0) is 0 Å². The van der Waals surface area contributed by atoms with E-state index in [0.29, 0.717) is 12.1 Å². The molecule has 106 valence electrons. The molecule has 1 fully saturated rings. The average molecular weight is 290 g/mol. The Labute approximate surface area is 124 Å². The van der Waals surface area contributed by atoms with Crippen LogP contribution in [-0.4, -0.2) is 15.6 Å². The Hall–Kier alpha value is -1.25. The van der Waals surface area contributed by atoms with Gasteiger partial charge in [-0.2, -0.15) is 0 Å². The molecule has 0 amide bonds. The number of hydrogen-bond acceptors (Lipinski definition) is 2. The molecule has 3 N–H and O–H groups in total. The molecule has 20 heavy (non-hydrogen) atoms. The summed E-state index contributed by atoms with van der Waals surface area (Å²) in [4.78, 5) is -0.909. The Morgan fingerprint density at radius 2 is 1.90 bits per heavy atom. The summed E-state index contributed by atoms with van der Waals surface area (Å²) < 4.78 is 0. The summed E-state index contributed by atoms with van der Waals surface area (Å²) >= 11 is 6.81. The Balaban J connectivity index is 1.96. The number of allylic oxidation sites excluding steroid dienone is 3. The van der Waals surface area contributed by atoms with E-state index in [4.69, 9.17) is 17.3 Å². The lowest BCUT2D eigenvalue weighted by Gasteiger charge is -2.43. The Morgan fingerprint density at radius 3 is 2.50 bits per heavy atom. The highest BCUT2D eigenvalue weighted by Gasteiger charge is 2.56. The van der Waals surface area contributed by atoms with Crippen LogP contribution in [0.2, 0.25) is 0 Å². The number of benzene rings is 1. The van der Waals surface area contributed by atoms with Crippen molar-refractivity contribution in [3.05, 3.63) is 53.7 Å². The van der Waals surface area contributed by atoms with Crippen molar-refractivity contribution in [3.63, 3.8) is 0 Å². The third-order valence-corrected chi connectivity index (χ3v) is 5.41. The molecule has 2 nitrogen and oxygen atoms in total. The molecule has 1 aromatic rings. The van der Waals surface area contributed by atoms with Gasteiger partial charge in [0.05, 0.1) is 5.60 Å². The van der Waals surface area contributed by atoms with Crippen molar-refractivity contribution in [1.82, 2.24) is 0 Å². The first-order valence-corrected chi connectivity index (χ1v) is 7.46. The van der Waals surface area contributed by atoms with Gasteiger partial charge in [-0.05, 0) is 42.9 Å². The predicted molar refractivity (Wildman–Crippen MR) is 83.2 cm³/mol. The first-order valence-electron chi connectivity index (χ1n) is 7.08. The molecular formula is C17H20ClNO. The van der Waals surface area contributed by atoms with Gasteiger partial charge < -0.3 is 10.8 Å². The minimum absolute atomic E-state index is 0.252. The zero-order valence-electron chi connectivity index (χ0n) is 11.6. The zero-order valence-corrected chi connectivity index (χ0v) is 12.4. The largest absolute Gasteiger partial charge is 0.400 e. The normalized spacial score (nSPS) is 29.4. The van der Waals surface area contributed by atoms with Gasteiger partial charge in [0.2, 0.25) is 0 Å². The Morgan fingerprint density at radius 1 is 1.25 bits per heavy atom. The van der Waals surface area contributed by atoms with Gasteiger partial charge in [0.15, 0.2) is 0 Å². The van der Waals surface area contributed by atoms with Crippen LogP contribution in [0, 0.1) is 5.92 Å². The van der Waals surface area contributed by atoms with E-state index in [0.717, 1.165) is 24.0 Å². The van der Waals surface area contributed by atoms with E-state index in [1.807, 2.05) is 37.3 Å². The summed E-state index contributed by atoms with van der Waals surface area (Å²) in [5, 5.41) is 10.9. The van der Waals surface area contributed by atoms with Gasteiger partial charge in [-0.15, -0.1) is 11.6 Å². The fourth-order valence-electron chi connectivity index (χ4n) is 3.04. The first kappa shape index (κ1) is 13.7. The maximum absolute atomic E-state index is 10.9.